The van der Waals surface area contributed by atoms with Gasteiger partial charge in [-0.2, -0.15) is 0 Å². The Balaban J connectivity index is 2.69. The molecular weight excluding hydrogens is 236 g/mol. The van der Waals surface area contributed by atoms with E-state index in [0.29, 0.717) is 21.2 Å². The van der Waals surface area contributed by atoms with Crippen molar-refractivity contribution in [3.05, 3.63) is 52.5 Å². The van der Waals surface area contributed by atoms with Crippen molar-refractivity contribution in [3.8, 4) is 11.1 Å². The lowest BCUT2D eigenvalue weighted by Gasteiger charge is -2.07. The lowest BCUT2D eigenvalue weighted by atomic mass is 10.1. The maximum atomic E-state index is 13.5. The molecule has 0 amide bonds. The highest BCUT2D eigenvalue weighted by Gasteiger charge is 2.11. The molecule has 1 nitrogen and oxygen atoms in total. The van der Waals surface area contributed by atoms with Gasteiger partial charge in [-0.25, -0.2) is 4.39 Å². The second-order valence-corrected chi connectivity index (χ2v) is 3.77. The molecule has 0 saturated carbocycles. The summed E-state index contributed by atoms with van der Waals surface area (Å²) in [5, 5.41) is 0.847. The Labute approximate surface area is 96.5 Å². The van der Waals surface area contributed by atoms with Crippen LogP contribution < -0.4 is 0 Å². The molecule has 0 aliphatic rings. The van der Waals surface area contributed by atoms with Crippen molar-refractivity contribution in [3.63, 3.8) is 0 Å². The van der Waals surface area contributed by atoms with E-state index in [0.717, 1.165) is 6.20 Å². The number of rotatable bonds is 1. The number of aromatic nitrogens is 1. The Bertz CT molecular complexity index is 479. The maximum absolute atomic E-state index is 13.5. The molecule has 0 aliphatic heterocycles. The fourth-order valence-corrected chi connectivity index (χ4v) is 1.93. The average molecular weight is 242 g/mol. The van der Waals surface area contributed by atoms with Crippen molar-refractivity contribution in [1.82, 2.24) is 4.98 Å². The summed E-state index contributed by atoms with van der Waals surface area (Å²) in [6, 6.07) is 6.60. The minimum Gasteiger partial charge on any atom is -0.262 e. The molecule has 1 aromatic carbocycles. The quantitative estimate of drug-likeness (QED) is 0.730. The molecule has 0 spiro atoms. The van der Waals surface area contributed by atoms with Crippen LogP contribution in [-0.4, -0.2) is 4.98 Å². The summed E-state index contributed by atoms with van der Waals surface area (Å²) in [5.74, 6) is -0.437. The van der Waals surface area contributed by atoms with Crippen LogP contribution in [0.3, 0.4) is 0 Å². The molecule has 0 saturated heterocycles. The first-order chi connectivity index (χ1) is 7.20. The molecule has 0 N–H and O–H groups in total. The highest BCUT2D eigenvalue weighted by atomic mass is 35.5. The Morgan fingerprint density at radius 2 is 1.73 bits per heavy atom. The van der Waals surface area contributed by atoms with E-state index in [1.54, 1.807) is 24.3 Å². The molecular formula is C11H6Cl2FN. The van der Waals surface area contributed by atoms with E-state index in [1.165, 1.54) is 6.20 Å². The summed E-state index contributed by atoms with van der Waals surface area (Å²) < 4.78 is 13.5. The average Bonchev–Trinajstić information content (AvgIpc) is 2.20. The van der Waals surface area contributed by atoms with Gasteiger partial charge in [0.15, 0.2) is 0 Å². The second kappa shape index (κ2) is 4.17. The Morgan fingerprint density at radius 3 is 2.33 bits per heavy atom. The minimum atomic E-state index is -0.437. The first-order valence-electron chi connectivity index (χ1n) is 4.24. The summed E-state index contributed by atoms with van der Waals surface area (Å²) in [6.45, 7) is 0. The molecule has 1 aromatic heterocycles. The van der Waals surface area contributed by atoms with Crippen molar-refractivity contribution < 1.29 is 4.39 Å². The standard InChI is InChI=1S/C11H6Cl2FN/c12-8-2-1-3-9(13)11(8)7-4-5-15-6-10(7)14/h1-6H. The van der Waals surface area contributed by atoms with Gasteiger partial charge in [0, 0.05) is 27.4 Å². The van der Waals surface area contributed by atoms with E-state index in [9.17, 15) is 4.39 Å². The number of nitrogens with zero attached hydrogens (tertiary/aromatic N) is 1. The van der Waals surface area contributed by atoms with Crippen LogP contribution in [-0.2, 0) is 0 Å². The lowest BCUT2D eigenvalue weighted by molar-refractivity contribution is 0.625. The summed E-state index contributed by atoms with van der Waals surface area (Å²) in [7, 11) is 0. The fraction of sp³-hybridized carbons (Fsp3) is 0. The molecule has 0 aliphatic carbocycles. The number of hydrogen-bond donors (Lipinski definition) is 0. The summed E-state index contributed by atoms with van der Waals surface area (Å²) in [5.41, 5.74) is 0.862. The third kappa shape index (κ3) is 1.96. The highest BCUT2D eigenvalue weighted by Crippen LogP contribution is 2.35. The monoisotopic (exact) mass is 241 g/mol. The van der Waals surface area contributed by atoms with Crippen LogP contribution in [0.25, 0.3) is 11.1 Å². The molecule has 76 valence electrons. The number of halogens is 3. The van der Waals surface area contributed by atoms with Gasteiger partial charge in [-0.3, -0.25) is 4.98 Å². The predicted octanol–water partition coefficient (Wildman–Crippen LogP) is 4.19. The molecule has 4 heteroatoms. The summed E-state index contributed by atoms with van der Waals surface area (Å²) in [6.07, 6.45) is 2.63. The number of pyridine rings is 1. The highest BCUT2D eigenvalue weighted by molar-refractivity contribution is 6.39. The van der Waals surface area contributed by atoms with Gasteiger partial charge in [0.2, 0.25) is 0 Å². The molecule has 1 heterocycles. The Morgan fingerprint density at radius 1 is 1.07 bits per heavy atom. The Hall–Kier alpha value is -1.12. The van der Waals surface area contributed by atoms with Gasteiger partial charge in [0.1, 0.15) is 5.82 Å². The molecule has 0 radical (unpaired) electrons. The van der Waals surface area contributed by atoms with E-state index >= 15 is 0 Å². The third-order valence-corrected chi connectivity index (χ3v) is 2.63. The van der Waals surface area contributed by atoms with Crippen molar-refractivity contribution in [2.24, 2.45) is 0 Å². The lowest BCUT2D eigenvalue weighted by Crippen LogP contribution is -1.87. The maximum Gasteiger partial charge on any atom is 0.149 e. The zero-order valence-electron chi connectivity index (χ0n) is 7.55. The third-order valence-electron chi connectivity index (χ3n) is 2.00. The fourth-order valence-electron chi connectivity index (χ4n) is 1.33. The van der Waals surface area contributed by atoms with Crippen LogP contribution in [0, 0.1) is 5.82 Å². The van der Waals surface area contributed by atoms with E-state index in [1.807, 2.05) is 0 Å². The van der Waals surface area contributed by atoms with E-state index in [2.05, 4.69) is 4.98 Å². The van der Waals surface area contributed by atoms with Crippen LogP contribution in [0.4, 0.5) is 4.39 Å². The van der Waals surface area contributed by atoms with Gasteiger partial charge >= 0.3 is 0 Å². The van der Waals surface area contributed by atoms with E-state index < -0.39 is 5.82 Å². The minimum absolute atomic E-state index is 0.362. The molecule has 0 unspecified atom stereocenters. The van der Waals surface area contributed by atoms with Gasteiger partial charge in [0.05, 0.1) is 6.20 Å². The molecule has 0 atom stereocenters. The van der Waals surface area contributed by atoms with Crippen molar-refractivity contribution in [2.45, 2.75) is 0 Å². The second-order valence-electron chi connectivity index (χ2n) is 2.95. The van der Waals surface area contributed by atoms with Crippen LogP contribution >= 0.6 is 23.2 Å². The van der Waals surface area contributed by atoms with Crippen molar-refractivity contribution in [1.29, 1.82) is 0 Å². The Kier molecular flexibility index (Phi) is 2.89. The molecule has 2 rings (SSSR count). The van der Waals surface area contributed by atoms with Gasteiger partial charge in [-0.05, 0) is 18.2 Å². The van der Waals surface area contributed by atoms with E-state index in [4.69, 9.17) is 23.2 Å². The van der Waals surface area contributed by atoms with Crippen LogP contribution in [0.15, 0.2) is 36.7 Å². The van der Waals surface area contributed by atoms with Crippen LogP contribution in [0.2, 0.25) is 10.0 Å². The van der Waals surface area contributed by atoms with Gasteiger partial charge in [-0.1, -0.05) is 29.3 Å². The van der Waals surface area contributed by atoms with E-state index in [-0.39, 0.29) is 0 Å². The molecule has 15 heavy (non-hydrogen) atoms. The first-order valence-corrected chi connectivity index (χ1v) is 4.99. The van der Waals surface area contributed by atoms with Crippen LogP contribution in [0.1, 0.15) is 0 Å². The van der Waals surface area contributed by atoms with Gasteiger partial charge < -0.3 is 0 Å². The smallest absolute Gasteiger partial charge is 0.149 e. The number of benzene rings is 1. The summed E-state index contributed by atoms with van der Waals surface area (Å²) >= 11 is 11.9. The topological polar surface area (TPSA) is 12.9 Å². The first kappa shape index (κ1) is 10.4. The summed E-state index contributed by atoms with van der Waals surface area (Å²) in [4.78, 5) is 3.67. The molecule has 0 bridgehead atoms. The zero-order valence-corrected chi connectivity index (χ0v) is 9.06. The van der Waals surface area contributed by atoms with Crippen molar-refractivity contribution in [2.75, 3.05) is 0 Å². The van der Waals surface area contributed by atoms with Gasteiger partial charge in [0.25, 0.3) is 0 Å². The molecule has 2 aromatic rings. The van der Waals surface area contributed by atoms with Crippen LogP contribution in [0.5, 0.6) is 0 Å². The zero-order chi connectivity index (χ0) is 10.8. The van der Waals surface area contributed by atoms with Crippen molar-refractivity contribution >= 4 is 23.2 Å². The normalized spacial score (nSPS) is 10.3. The van der Waals surface area contributed by atoms with Gasteiger partial charge in [-0.15, -0.1) is 0 Å². The largest absolute Gasteiger partial charge is 0.262 e. The number of hydrogen-bond acceptors (Lipinski definition) is 1. The SMILES string of the molecule is Fc1cnccc1-c1c(Cl)cccc1Cl. The predicted molar refractivity (Wildman–Crippen MR) is 59.7 cm³/mol. The molecule has 0 fully saturated rings.